The van der Waals surface area contributed by atoms with E-state index in [1.165, 1.54) is 18.2 Å². The molecule has 0 saturated carbocycles. The molecular weight excluding hydrogens is 367 g/mol. The fourth-order valence-corrected chi connectivity index (χ4v) is 2.50. The van der Waals surface area contributed by atoms with Crippen molar-refractivity contribution in [2.75, 3.05) is 5.32 Å². The third-order valence-electron chi connectivity index (χ3n) is 3.50. The summed E-state index contributed by atoms with van der Waals surface area (Å²) < 4.78 is 5.64. The maximum atomic E-state index is 12.3. The second-order valence-electron chi connectivity index (χ2n) is 5.54. The van der Waals surface area contributed by atoms with Gasteiger partial charge in [0, 0.05) is 16.8 Å². The first-order valence-corrected chi connectivity index (χ1v) is 8.13. The number of nitrogens with one attached hydrogen (secondary N) is 1. The van der Waals surface area contributed by atoms with Gasteiger partial charge >= 0.3 is 0 Å². The molecule has 2 rings (SSSR count). The zero-order valence-electron chi connectivity index (χ0n) is 13.8. The number of carbonyl (C=O) groups excluding carboxylic acids is 1. The fraction of sp³-hybridized carbons (Fsp3) is 0.235. The maximum Gasteiger partial charge on any atom is 0.289 e. The minimum absolute atomic E-state index is 0.000544. The molecule has 25 heavy (non-hydrogen) atoms. The topological polar surface area (TPSA) is 81.5 Å². The number of hydrogen-bond donors (Lipinski definition) is 1. The summed E-state index contributed by atoms with van der Waals surface area (Å²) in [7, 11) is 0. The summed E-state index contributed by atoms with van der Waals surface area (Å²) >= 11 is 11.9. The molecule has 2 aromatic carbocycles. The SMILES string of the molecule is Cc1cc(OC(C)C(=O)Nc2ccc(Cl)c([N+](=O)[O-])c2)cc(C)c1Cl. The van der Waals surface area contributed by atoms with Gasteiger partial charge in [-0.2, -0.15) is 0 Å². The first-order valence-electron chi connectivity index (χ1n) is 7.37. The molecule has 132 valence electrons. The lowest BCUT2D eigenvalue weighted by atomic mass is 10.1. The molecule has 0 bridgehead atoms. The van der Waals surface area contributed by atoms with Crippen LogP contribution < -0.4 is 10.1 Å². The summed E-state index contributed by atoms with van der Waals surface area (Å²) in [6.07, 6.45) is -0.810. The Kier molecular flexibility index (Phi) is 5.87. The highest BCUT2D eigenvalue weighted by molar-refractivity contribution is 6.32. The Hall–Kier alpha value is -2.31. The number of aryl methyl sites for hydroxylation is 2. The van der Waals surface area contributed by atoms with Crippen LogP contribution in [0.3, 0.4) is 0 Å². The summed E-state index contributed by atoms with van der Waals surface area (Å²) in [4.78, 5) is 22.5. The molecule has 0 radical (unpaired) electrons. The monoisotopic (exact) mass is 382 g/mol. The number of rotatable bonds is 5. The molecule has 0 aliphatic rings. The van der Waals surface area contributed by atoms with E-state index in [0.717, 1.165) is 11.1 Å². The number of nitro groups is 1. The number of anilines is 1. The number of carbonyl (C=O) groups is 1. The second-order valence-corrected chi connectivity index (χ2v) is 6.33. The number of amides is 1. The predicted molar refractivity (Wildman–Crippen MR) is 97.8 cm³/mol. The van der Waals surface area contributed by atoms with E-state index < -0.39 is 16.9 Å². The first kappa shape index (κ1) is 19.0. The number of hydrogen-bond acceptors (Lipinski definition) is 4. The molecule has 1 N–H and O–H groups in total. The van der Waals surface area contributed by atoms with Gasteiger partial charge in [-0.05, 0) is 56.2 Å². The van der Waals surface area contributed by atoms with Crippen molar-refractivity contribution >= 4 is 40.5 Å². The Balaban J connectivity index is 2.11. The minimum Gasteiger partial charge on any atom is -0.481 e. The van der Waals surface area contributed by atoms with Gasteiger partial charge in [-0.3, -0.25) is 14.9 Å². The van der Waals surface area contributed by atoms with Crippen LogP contribution in [0.25, 0.3) is 0 Å². The number of halogens is 2. The van der Waals surface area contributed by atoms with Crippen molar-refractivity contribution in [3.8, 4) is 5.75 Å². The molecule has 1 unspecified atom stereocenters. The number of benzene rings is 2. The van der Waals surface area contributed by atoms with Crippen molar-refractivity contribution in [2.24, 2.45) is 0 Å². The molecule has 1 amide bonds. The number of nitro benzene ring substituents is 1. The highest BCUT2D eigenvalue weighted by atomic mass is 35.5. The average molecular weight is 383 g/mol. The summed E-state index contributed by atoms with van der Waals surface area (Å²) in [5.41, 5.74) is 1.67. The van der Waals surface area contributed by atoms with Crippen LogP contribution in [0.5, 0.6) is 5.75 Å². The standard InChI is InChI=1S/C17H16Cl2N2O4/c1-9-6-13(7-10(2)16(9)19)25-11(3)17(22)20-12-4-5-14(18)15(8-12)21(23)24/h4-8,11H,1-3H3,(H,20,22). The van der Waals surface area contributed by atoms with E-state index in [9.17, 15) is 14.9 Å². The van der Waals surface area contributed by atoms with E-state index >= 15 is 0 Å². The molecule has 0 fully saturated rings. The zero-order valence-corrected chi connectivity index (χ0v) is 15.3. The third kappa shape index (κ3) is 4.61. The molecule has 6 nitrogen and oxygen atoms in total. The molecule has 0 heterocycles. The Morgan fingerprint density at radius 1 is 1.20 bits per heavy atom. The molecule has 0 aliphatic carbocycles. The molecule has 0 spiro atoms. The van der Waals surface area contributed by atoms with Crippen molar-refractivity contribution in [1.29, 1.82) is 0 Å². The van der Waals surface area contributed by atoms with E-state index in [1.807, 2.05) is 13.8 Å². The van der Waals surface area contributed by atoms with Gasteiger partial charge in [0.2, 0.25) is 0 Å². The maximum absolute atomic E-state index is 12.3. The molecule has 0 aromatic heterocycles. The minimum atomic E-state index is -0.810. The Morgan fingerprint density at radius 3 is 2.36 bits per heavy atom. The van der Waals surface area contributed by atoms with Crippen LogP contribution in [-0.4, -0.2) is 16.9 Å². The van der Waals surface area contributed by atoms with Gasteiger partial charge in [-0.15, -0.1) is 0 Å². The summed E-state index contributed by atoms with van der Waals surface area (Å²) in [5.74, 6) is 0.0750. The normalized spacial score (nSPS) is 11.7. The quantitative estimate of drug-likeness (QED) is 0.587. The van der Waals surface area contributed by atoms with Crippen molar-refractivity contribution in [2.45, 2.75) is 26.9 Å². The lowest BCUT2D eigenvalue weighted by Gasteiger charge is -2.16. The average Bonchev–Trinajstić information content (AvgIpc) is 2.53. The van der Waals surface area contributed by atoms with Gasteiger partial charge in [-0.1, -0.05) is 23.2 Å². The molecule has 0 aliphatic heterocycles. The number of nitrogens with zero attached hydrogens (tertiary/aromatic N) is 1. The Labute approximate surface area is 154 Å². The molecular formula is C17H16Cl2N2O4. The first-order chi connectivity index (χ1) is 11.7. The fourth-order valence-electron chi connectivity index (χ4n) is 2.21. The van der Waals surface area contributed by atoms with E-state index in [1.54, 1.807) is 19.1 Å². The van der Waals surface area contributed by atoms with Gasteiger partial charge in [0.1, 0.15) is 10.8 Å². The molecule has 0 saturated heterocycles. The van der Waals surface area contributed by atoms with Crippen LogP contribution in [0, 0.1) is 24.0 Å². The van der Waals surface area contributed by atoms with E-state index in [-0.39, 0.29) is 16.4 Å². The lowest BCUT2D eigenvalue weighted by molar-refractivity contribution is -0.384. The summed E-state index contributed by atoms with van der Waals surface area (Å²) in [5, 5.41) is 14.1. The van der Waals surface area contributed by atoms with E-state index in [2.05, 4.69) is 5.32 Å². The van der Waals surface area contributed by atoms with Crippen LogP contribution in [0.2, 0.25) is 10.0 Å². The van der Waals surface area contributed by atoms with Crippen LogP contribution in [0.1, 0.15) is 18.1 Å². The Bertz CT molecular complexity index is 816. The van der Waals surface area contributed by atoms with Crippen LogP contribution >= 0.6 is 23.2 Å². The van der Waals surface area contributed by atoms with Crippen LogP contribution in [0.4, 0.5) is 11.4 Å². The largest absolute Gasteiger partial charge is 0.481 e. The van der Waals surface area contributed by atoms with E-state index in [4.69, 9.17) is 27.9 Å². The smallest absolute Gasteiger partial charge is 0.289 e. The van der Waals surface area contributed by atoms with Crippen molar-refractivity contribution in [1.82, 2.24) is 0 Å². The van der Waals surface area contributed by atoms with Crippen molar-refractivity contribution < 1.29 is 14.5 Å². The molecule has 2 aromatic rings. The van der Waals surface area contributed by atoms with Crippen LogP contribution in [0.15, 0.2) is 30.3 Å². The van der Waals surface area contributed by atoms with Gasteiger partial charge in [0.25, 0.3) is 11.6 Å². The highest BCUT2D eigenvalue weighted by Crippen LogP contribution is 2.28. The van der Waals surface area contributed by atoms with Crippen molar-refractivity contribution in [3.63, 3.8) is 0 Å². The van der Waals surface area contributed by atoms with Gasteiger partial charge in [0.05, 0.1) is 4.92 Å². The summed E-state index contributed by atoms with van der Waals surface area (Å²) in [6, 6.07) is 7.52. The highest BCUT2D eigenvalue weighted by Gasteiger charge is 2.18. The zero-order chi connectivity index (χ0) is 18.7. The van der Waals surface area contributed by atoms with E-state index in [0.29, 0.717) is 10.8 Å². The molecule has 1 atom stereocenters. The summed E-state index contributed by atoms with van der Waals surface area (Å²) in [6.45, 7) is 5.28. The van der Waals surface area contributed by atoms with Gasteiger partial charge in [0.15, 0.2) is 6.10 Å². The van der Waals surface area contributed by atoms with Gasteiger partial charge < -0.3 is 10.1 Å². The second kappa shape index (κ2) is 7.72. The van der Waals surface area contributed by atoms with Crippen molar-refractivity contribution in [3.05, 3.63) is 61.6 Å². The predicted octanol–water partition coefficient (Wildman–Crippen LogP) is 4.92. The number of ether oxygens (including phenoxy) is 1. The van der Waals surface area contributed by atoms with Crippen LogP contribution in [-0.2, 0) is 4.79 Å². The third-order valence-corrected chi connectivity index (χ3v) is 4.42. The van der Waals surface area contributed by atoms with Gasteiger partial charge in [-0.25, -0.2) is 0 Å². The Morgan fingerprint density at radius 2 is 1.80 bits per heavy atom. The molecule has 8 heteroatoms. The lowest BCUT2D eigenvalue weighted by Crippen LogP contribution is -2.30.